The van der Waals surface area contributed by atoms with E-state index in [4.69, 9.17) is 8.83 Å². The molecule has 0 aliphatic rings. The van der Waals surface area contributed by atoms with Crippen LogP contribution in [0.1, 0.15) is 11.4 Å². The smallest absolute Gasteiger partial charge is 0.152 e. The third-order valence-corrected chi connectivity index (χ3v) is 7.58. The second kappa shape index (κ2) is 11.4. The summed E-state index contributed by atoms with van der Waals surface area (Å²) in [4.78, 5) is 0. The van der Waals surface area contributed by atoms with Crippen LogP contribution < -0.4 is 0 Å². The first kappa shape index (κ1) is 27.6. The number of hydrogen-bond acceptors (Lipinski definition) is 6. The lowest BCUT2D eigenvalue weighted by Gasteiger charge is -2.10. The summed E-state index contributed by atoms with van der Waals surface area (Å²) < 4.78 is 16.7. The van der Waals surface area contributed by atoms with Crippen molar-refractivity contribution >= 4 is 34.1 Å². The minimum atomic E-state index is -0.000259. The van der Waals surface area contributed by atoms with Crippen LogP contribution in [0.4, 0.5) is 0 Å². The second-order valence-corrected chi connectivity index (χ2v) is 10.3. The average molecular weight is 593 g/mol. The van der Waals surface area contributed by atoms with Crippen molar-refractivity contribution in [3.63, 3.8) is 0 Å². The highest BCUT2D eigenvalue weighted by molar-refractivity contribution is 5.97. The molecule has 0 atom stereocenters. The third-order valence-electron chi connectivity index (χ3n) is 7.58. The van der Waals surface area contributed by atoms with Gasteiger partial charge in [-0.15, -0.1) is 0 Å². The second-order valence-electron chi connectivity index (χ2n) is 10.3. The summed E-state index contributed by atoms with van der Waals surface area (Å²) in [6.45, 7) is 0. The van der Waals surface area contributed by atoms with Crippen molar-refractivity contribution in [2.75, 3.05) is 0 Å². The molecule has 4 aromatic heterocycles. The number of rotatable bonds is 6. The number of nitrogens with zero attached hydrogens (tertiary/aromatic N) is 6. The van der Waals surface area contributed by atoms with Crippen molar-refractivity contribution in [1.82, 2.24) is 9.13 Å². The maximum absolute atomic E-state index is 9.36. The summed E-state index contributed by atoms with van der Waals surface area (Å²) in [6.07, 6.45) is 3.11. The molecule has 0 aliphatic heterocycles. The molecule has 7 rings (SSSR count). The zero-order valence-electron chi connectivity index (χ0n) is 24.0. The molecule has 3 aromatic carbocycles. The molecule has 46 heavy (non-hydrogen) atoms. The lowest BCUT2D eigenvalue weighted by atomic mass is 10.2. The monoisotopic (exact) mass is 592 g/mol. The predicted molar refractivity (Wildman–Crippen MR) is 174 cm³/mol. The van der Waals surface area contributed by atoms with E-state index in [1.54, 1.807) is 12.2 Å². The van der Waals surface area contributed by atoms with E-state index in [2.05, 4.69) is 0 Å². The molecule has 8 heteroatoms. The summed E-state index contributed by atoms with van der Waals surface area (Å²) >= 11 is 0. The number of fused-ring (bicyclic) bond motifs is 2. The zero-order valence-corrected chi connectivity index (χ0v) is 24.0. The summed E-state index contributed by atoms with van der Waals surface area (Å²) in [7, 11) is 0. The fourth-order valence-electron chi connectivity index (χ4n) is 5.54. The lowest BCUT2D eigenvalue weighted by Crippen LogP contribution is -1.98. The molecule has 8 nitrogen and oxygen atoms in total. The van der Waals surface area contributed by atoms with Gasteiger partial charge in [0.1, 0.15) is 46.6 Å². The molecule has 0 spiro atoms. The largest absolute Gasteiger partial charge is 0.454 e. The fraction of sp³-hybridized carbons (Fsp3) is 0. The van der Waals surface area contributed by atoms with Crippen LogP contribution in [0.2, 0.25) is 0 Å². The molecule has 0 aliphatic carbocycles. The van der Waals surface area contributed by atoms with Gasteiger partial charge in [0.15, 0.2) is 11.5 Å². The van der Waals surface area contributed by atoms with Crippen LogP contribution in [0, 0.1) is 45.3 Å². The van der Waals surface area contributed by atoms with Crippen molar-refractivity contribution < 1.29 is 8.83 Å². The molecule has 0 bridgehead atoms. The van der Waals surface area contributed by atoms with Gasteiger partial charge in [0.2, 0.25) is 0 Å². The number of aromatic nitrogens is 2. The van der Waals surface area contributed by atoms with Crippen molar-refractivity contribution in [2.24, 2.45) is 0 Å². The zero-order chi connectivity index (χ0) is 31.6. The van der Waals surface area contributed by atoms with E-state index in [9.17, 15) is 21.0 Å². The third kappa shape index (κ3) is 4.81. The van der Waals surface area contributed by atoms with Crippen molar-refractivity contribution in [3.8, 4) is 58.6 Å². The molecule has 0 fully saturated rings. The van der Waals surface area contributed by atoms with E-state index in [1.165, 1.54) is 0 Å². The Morgan fingerprint density at radius 2 is 0.891 bits per heavy atom. The Morgan fingerprint density at radius 1 is 0.500 bits per heavy atom. The van der Waals surface area contributed by atoms with Gasteiger partial charge in [-0.25, -0.2) is 0 Å². The van der Waals surface area contributed by atoms with Crippen molar-refractivity contribution in [3.05, 3.63) is 132 Å². The SMILES string of the molecule is N#CC(C#N)=Cc1ccc(-c2cc3cc4oc(-c5ccc(C=C(C#N)C#N)n5-c5ccccc5)cc4cc3o2)n1-c1ccccc1. The van der Waals surface area contributed by atoms with Gasteiger partial charge < -0.3 is 18.0 Å². The molecule has 7 aromatic rings. The minimum Gasteiger partial charge on any atom is -0.454 e. The Hall–Kier alpha value is -7.26. The highest BCUT2D eigenvalue weighted by Gasteiger charge is 2.19. The van der Waals surface area contributed by atoms with Crippen LogP contribution in [0.3, 0.4) is 0 Å². The highest BCUT2D eigenvalue weighted by atomic mass is 16.3. The Kier molecular flexibility index (Phi) is 6.85. The number of para-hydroxylation sites is 2. The summed E-state index contributed by atoms with van der Waals surface area (Å²) in [5, 5.41) is 39.1. The van der Waals surface area contributed by atoms with Crippen LogP contribution in [-0.2, 0) is 0 Å². The van der Waals surface area contributed by atoms with Crippen LogP contribution in [-0.4, -0.2) is 9.13 Å². The lowest BCUT2D eigenvalue weighted by molar-refractivity contribution is 0.623. The molecular weight excluding hydrogens is 572 g/mol. The summed E-state index contributed by atoms with van der Waals surface area (Å²) in [5.41, 5.74) is 5.91. The highest BCUT2D eigenvalue weighted by Crippen LogP contribution is 2.37. The molecule has 0 radical (unpaired) electrons. The van der Waals surface area contributed by atoms with Gasteiger partial charge in [-0.3, -0.25) is 0 Å². The maximum atomic E-state index is 9.36. The summed E-state index contributed by atoms with van der Waals surface area (Å²) in [6, 6.07) is 42.3. The molecular formula is C38H20N6O2. The normalized spacial score (nSPS) is 10.5. The number of allylic oxidation sites excluding steroid dienone is 2. The first-order valence-corrected chi connectivity index (χ1v) is 14.2. The van der Waals surface area contributed by atoms with Crippen LogP contribution in [0.5, 0.6) is 0 Å². The number of nitriles is 4. The average Bonchev–Trinajstić information content (AvgIpc) is 3.89. The van der Waals surface area contributed by atoms with Gasteiger partial charge in [-0.05, 0) is 84.9 Å². The van der Waals surface area contributed by atoms with Crippen molar-refractivity contribution in [1.29, 1.82) is 21.0 Å². The van der Waals surface area contributed by atoms with Crippen molar-refractivity contribution in [2.45, 2.75) is 0 Å². The Bertz CT molecular complexity index is 2250. The summed E-state index contributed by atoms with van der Waals surface area (Å²) in [5.74, 6) is 1.23. The Balaban J connectivity index is 1.33. The quantitative estimate of drug-likeness (QED) is 0.177. The van der Waals surface area contributed by atoms with Gasteiger partial charge >= 0.3 is 0 Å². The van der Waals surface area contributed by atoms with Crippen LogP contribution in [0.25, 0.3) is 68.4 Å². The minimum absolute atomic E-state index is 0.000259. The molecule has 0 saturated carbocycles. The fourth-order valence-corrected chi connectivity index (χ4v) is 5.54. The first-order valence-electron chi connectivity index (χ1n) is 14.2. The standard InChI is InChI=1S/C38H20N6O2/c39-21-25(22-40)15-31-11-13-33(43(31)29-7-3-1-4-8-29)37-19-27-17-36-28(18-35(27)45-37)20-38(46-36)34-14-12-32(16-26(23-41)24-42)44(34)30-9-5-2-6-10-30/h1-20H. The van der Waals surface area contributed by atoms with E-state index in [0.717, 1.165) is 33.5 Å². The molecule has 0 N–H and O–H groups in total. The van der Waals surface area contributed by atoms with E-state index in [0.29, 0.717) is 34.1 Å². The number of hydrogen-bond donors (Lipinski definition) is 0. The van der Waals surface area contributed by atoms with E-state index in [-0.39, 0.29) is 11.1 Å². The topological polar surface area (TPSA) is 131 Å². The predicted octanol–water partition coefficient (Wildman–Crippen LogP) is 8.96. The molecule has 0 unspecified atom stereocenters. The number of furan rings is 2. The molecule has 0 saturated heterocycles. The van der Waals surface area contributed by atoms with Gasteiger partial charge in [-0.1, -0.05) is 36.4 Å². The Labute approximate surface area is 263 Å². The van der Waals surface area contributed by atoms with E-state index >= 15 is 0 Å². The Morgan fingerprint density at radius 3 is 1.26 bits per heavy atom. The maximum Gasteiger partial charge on any atom is 0.152 e. The van der Waals surface area contributed by atoms with Gasteiger partial charge in [0.25, 0.3) is 0 Å². The van der Waals surface area contributed by atoms with Gasteiger partial charge in [0, 0.05) is 33.5 Å². The van der Waals surface area contributed by atoms with E-state index in [1.807, 2.05) is 143 Å². The first-order chi connectivity index (χ1) is 22.6. The van der Waals surface area contributed by atoms with E-state index < -0.39 is 0 Å². The van der Waals surface area contributed by atoms with Gasteiger partial charge in [-0.2, -0.15) is 21.0 Å². The molecule has 4 heterocycles. The molecule has 214 valence electrons. The number of benzene rings is 3. The van der Waals surface area contributed by atoms with Crippen LogP contribution in [0.15, 0.2) is 129 Å². The molecule has 0 amide bonds. The van der Waals surface area contributed by atoms with Crippen LogP contribution >= 0.6 is 0 Å². The van der Waals surface area contributed by atoms with Gasteiger partial charge in [0.05, 0.1) is 11.4 Å².